The molecule has 0 aliphatic rings. The summed E-state index contributed by atoms with van der Waals surface area (Å²) < 4.78 is 0. The third kappa shape index (κ3) is 2.53. The molecule has 0 saturated carbocycles. The summed E-state index contributed by atoms with van der Waals surface area (Å²) >= 11 is 0. The summed E-state index contributed by atoms with van der Waals surface area (Å²) in [6, 6.07) is 14.1. The summed E-state index contributed by atoms with van der Waals surface area (Å²) in [4.78, 5) is 12.0. The van der Waals surface area contributed by atoms with Crippen molar-refractivity contribution in [1.82, 2.24) is 0 Å². The molecule has 2 N–H and O–H groups in total. The minimum Gasteiger partial charge on any atom is -0.319 e. The average molecular weight is 227 g/mol. The van der Waals surface area contributed by atoms with Gasteiger partial charge < -0.3 is 5.73 Å². The van der Waals surface area contributed by atoms with Crippen molar-refractivity contribution in [3.63, 3.8) is 0 Å². The van der Waals surface area contributed by atoms with Crippen LogP contribution in [0.15, 0.2) is 42.5 Å². The molecule has 0 aliphatic carbocycles. The van der Waals surface area contributed by atoms with Gasteiger partial charge in [0.25, 0.3) is 0 Å². The lowest BCUT2D eigenvalue weighted by molar-refractivity contribution is -0.122. The van der Waals surface area contributed by atoms with E-state index in [1.807, 2.05) is 30.3 Å². The number of carbonyl (C=O) groups excluding carboxylic acids is 1. The molecular formula is C15H17NO. The van der Waals surface area contributed by atoms with Crippen molar-refractivity contribution in [1.29, 1.82) is 0 Å². The molecule has 0 saturated heterocycles. The molecule has 0 aliphatic heterocycles. The van der Waals surface area contributed by atoms with Crippen LogP contribution in [0, 0.1) is 0 Å². The van der Waals surface area contributed by atoms with Crippen molar-refractivity contribution in [2.24, 2.45) is 5.73 Å². The lowest BCUT2D eigenvalue weighted by Gasteiger charge is -2.17. The second-order valence-corrected chi connectivity index (χ2v) is 4.96. The van der Waals surface area contributed by atoms with E-state index in [4.69, 9.17) is 5.73 Å². The molecule has 0 fully saturated rings. The molecule has 0 aromatic heterocycles. The summed E-state index contributed by atoms with van der Waals surface area (Å²) in [5.41, 5.74) is 6.10. The van der Waals surface area contributed by atoms with Crippen LogP contribution in [-0.4, -0.2) is 11.3 Å². The van der Waals surface area contributed by atoms with Crippen LogP contribution < -0.4 is 5.73 Å². The lowest BCUT2D eigenvalue weighted by atomic mass is 9.92. The number of fused-ring (bicyclic) bond motifs is 1. The van der Waals surface area contributed by atoms with Gasteiger partial charge in [-0.25, -0.2) is 0 Å². The Morgan fingerprint density at radius 3 is 2.47 bits per heavy atom. The van der Waals surface area contributed by atoms with Crippen LogP contribution >= 0.6 is 0 Å². The number of Topliss-reactive ketones (excluding diaryl/α,β-unsaturated/α-hetero) is 1. The van der Waals surface area contributed by atoms with Crippen LogP contribution in [0.5, 0.6) is 0 Å². The summed E-state index contributed by atoms with van der Waals surface area (Å²) in [5, 5.41) is 2.29. The van der Waals surface area contributed by atoms with Crippen LogP contribution in [0.2, 0.25) is 0 Å². The SMILES string of the molecule is CC(C)(N)C(=O)Cc1cccc2ccccc12. The Hall–Kier alpha value is -1.67. The van der Waals surface area contributed by atoms with Gasteiger partial charge in [0.2, 0.25) is 0 Å². The predicted octanol–water partition coefficient (Wildman–Crippen LogP) is 2.69. The Morgan fingerprint density at radius 2 is 1.76 bits per heavy atom. The number of hydrogen-bond acceptors (Lipinski definition) is 2. The normalized spacial score (nSPS) is 11.7. The topological polar surface area (TPSA) is 43.1 Å². The van der Waals surface area contributed by atoms with E-state index in [2.05, 4.69) is 12.1 Å². The predicted molar refractivity (Wildman–Crippen MR) is 70.9 cm³/mol. The Balaban J connectivity index is 2.40. The Morgan fingerprint density at radius 1 is 1.12 bits per heavy atom. The van der Waals surface area contributed by atoms with E-state index in [0.29, 0.717) is 6.42 Å². The van der Waals surface area contributed by atoms with E-state index in [1.54, 1.807) is 13.8 Å². The molecule has 0 spiro atoms. The van der Waals surface area contributed by atoms with E-state index in [-0.39, 0.29) is 5.78 Å². The van der Waals surface area contributed by atoms with Crippen LogP contribution in [0.3, 0.4) is 0 Å². The summed E-state index contributed by atoms with van der Waals surface area (Å²) in [5.74, 6) is 0.0638. The molecule has 2 aromatic carbocycles. The molecule has 2 heteroatoms. The monoisotopic (exact) mass is 227 g/mol. The Kier molecular flexibility index (Phi) is 2.99. The van der Waals surface area contributed by atoms with Gasteiger partial charge in [-0.1, -0.05) is 42.5 Å². The first kappa shape index (κ1) is 11.8. The van der Waals surface area contributed by atoms with Gasteiger partial charge in [-0.3, -0.25) is 4.79 Å². The fraction of sp³-hybridized carbons (Fsp3) is 0.267. The van der Waals surface area contributed by atoms with Crippen LogP contribution in [0.25, 0.3) is 10.8 Å². The van der Waals surface area contributed by atoms with Gasteiger partial charge >= 0.3 is 0 Å². The first-order chi connectivity index (χ1) is 7.98. The molecule has 17 heavy (non-hydrogen) atoms. The number of carbonyl (C=O) groups is 1. The van der Waals surface area contributed by atoms with Crippen molar-refractivity contribution >= 4 is 16.6 Å². The fourth-order valence-electron chi connectivity index (χ4n) is 1.85. The van der Waals surface area contributed by atoms with Gasteiger partial charge in [0.05, 0.1) is 5.54 Å². The standard InChI is InChI=1S/C15H17NO/c1-15(2,16)14(17)10-12-8-5-7-11-6-3-4-9-13(11)12/h3-9H,10,16H2,1-2H3. The lowest BCUT2D eigenvalue weighted by Crippen LogP contribution is -2.42. The zero-order valence-electron chi connectivity index (χ0n) is 10.2. The zero-order chi connectivity index (χ0) is 12.5. The van der Waals surface area contributed by atoms with Gasteiger partial charge in [-0.05, 0) is 30.2 Å². The molecule has 0 radical (unpaired) electrons. The highest BCUT2D eigenvalue weighted by Gasteiger charge is 2.22. The van der Waals surface area contributed by atoms with Gasteiger partial charge in [0.1, 0.15) is 0 Å². The molecule has 0 unspecified atom stereocenters. The minimum absolute atomic E-state index is 0.0638. The van der Waals surface area contributed by atoms with Crippen molar-refractivity contribution in [2.75, 3.05) is 0 Å². The number of nitrogens with two attached hydrogens (primary N) is 1. The van der Waals surface area contributed by atoms with Crippen LogP contribution in [-0.2, 0) is 11.2 Å². The molecule has 2 rings (SSSR count). The molecule has 0 heterocycles. The highest BCUT2D eigenvalue weighted by Crippen LogP contribution is 2.20. The first-order valence-corrected chi connectivity index (χ1v) is 5.77. The third-order valence-corrected chi connectivity index (χ3v) is 2.95. The largest absolute Gasteiger partial charge is 0.319 e. The quantitative estimate of drug-likeness (QED) is 0.876. The smallest absolute Gasteiger partial charge is 0.156 e. The van der Waals surface area contributed by atoms with E-state index >= 15 is 0 Å². The summed E-state index contributed by atoms with van der Waals surface area (Å²) in [6.45, 7) is 3.50. The minimum atomic E-state index is -0.767. The maximum absolute atomic E-state index is 12.0. The molecule has 2 aromatic rings. The van der Waals surface area contributed by atoms with Gasteiger partial charge in [-0.2, -0.15) is 0 Å². The van der Waals surface area contributed by atoms with Crippen LogP contribution in [0.4, 0.5) is 0 Å². The molecule has 2 nitrogen and oxygen atoms in total. The van der Waals surface area contributed by atoms with Crippen LogP contribution in [0.1, 0.15) is 19.4 Å². The van der Waals surface area contributed by atoms with Crippen molar-refractivity contribution in [2.45, 2.75) is 25.8 Å². The van der Waals surface area contributed by atoms with E-state index < -0.39 is 5.54 Å². The molecule has 0 amide bonds. The maximum Gasteiger partial charge on any atom is 0.156 e. The number of hydrogen-bond donors (Lipinski definition) is 1. The highest BCUT2D eigenvalue weighted by molar-refractivity contribution is 5.94. The Bertz CT molecular complexity index is 547. The summed E-state index contributed by atoms with van der Waals surface area (Å²) in [7, 11) is 0. The van der Waals surface area contributed by atoms with Crippen molar-refractivity contribution < 1.29 is 4.79 Å². The molecular weight excluding hydrogens is 210 g/mol. The first-order valence-electron chi connectivity index (χ1n) is 5.77. The van der Waals surface area contributed by atoms with E-state index in [0.717, 1.165) is 16.3 Å². The maximum atomic E-state index is 12.0. The van der Waals surface area contributed by atoms with E-state index in [9.17, 15) is 4.79 Å². The van der Waals surface area contributed by atoms with E-state index in [1.165, 1.54) is 0 Å². The highest BCUT2D eigenvalue weighted by atomic mass is 16.1. The molecule has 0 bridgehead atoms. The molecule has 88 valence electrons. The number of ketones is 1. The van der Waals surface area contributed by atoms with Crippen molar-refractivity contribution in [3.05, 3.63) is 48.0 Å². The summed E-state index contributed by atoms with van der Waals surface area (Å²) in [6.07, 6.45) is 0.394. The number of rotatable bonds is 3. The van der Waals surface area contributed by atoms with Crippen molar-refractivity contribution in [3.8, 4) is 0 Å². The number of benzene rings is 2. The fourth-order valence-corrected chi connectivity index (χ4v) is 1.85. The second kappa shape index (κ2) is 4.30. The van der Waals surface area contributed by atoms with Gasteiger partial charge in [0, 0.05) is 6.42 Å². The zero-order valence-corrected chi connectivity index (χ0v) is 10.2. The van der Waals surface area contributed by atoms with Gasteiger partial charge in [-0.15, -0.1) is 0 Å². The second-order valence-electron chi connectivity index (χ2n) is 4.96. The Labute approximate surface area is 101 Å². The third-order valence-electron chi connectivity index (χ3n) is 2.95. The van der Waals surface area contributed by atoms with Gasteiger partial charge in [0.15, 0.2) is 5.78 Å². The average Bonchev–Trinajstić information content (AvgIpc) is 2.28. The molecule has 0 atom stereocenters.